The van der Waals surface area contributed by atoms with Crippen LogP contribution in [-0.2, 0) is 20.7 Å². The van der Waals surface area contributed by atoms with E-state index in [1.54, 1.807) is 12.0 Å². The summed E-state index contributed by atoms with van der Waals surface area (Å²) in [6.07, 6.45) is 7.53. The maximum Gasteiger partial charge on any atom is 0.408 e. The summed E-state index contributed by atoms with van der Waals surface area (Å²) in [6, 6.07) is 4.15. The van der Waals surface area contributed by atoms with Gasteiger partial charge in [-0.1, -0.05) is 47.5 Å². The van der Waals surface area contributed by atoms with Gasteiger partial charge in [0, 0.05) is 23.8 Å². The fourth-order valence-electron chi connectivity index (χ4n) is 7.63. The summed E-state index contributed by atoms with van der Waals surface area (Å²) in [5.41, 5.74) is 1.13. The SMILES string of the molecule is CC[C@@H]1[C@@H]2CN(C(=O)[C@H](C(C)(C)C)NC(=O)O[C@]3(CC)C[C@H]3CCCCCc3nc4ccc(OC)cc4nc3O2)[C@@H]1C(=O)C1CC1. The molecule has 4 aliphatic rings. The summed E-state index contributed by atoms with van der Waals surface area (Å²) in [7, 11) is 1.62. The van der Waals surface area contributed by atoms with Crippen LogP contribution in [0, 0.1) is 23.2 Å². The highest BCUT2D eigenvalue weighted by Gasteiger charge is 2.57. The Morgan fingerprint density at radius 2 is 1.87 bits per heavy atom. The number of benzene rings is 1. The number of ether oxygens (including phenoxy) is 3. The topological polar surface area (TPSA) is 120 Å². The molecule has 6 rings (SSSR count). The second-order valence-corrected chi connectivity index (χ2v) is 14.9. The van der Waals surface area contributed by atoms with Crippen LogP contribution in [0.5, 0.6) is 11.6 Å². The second-order valence-electron chi connectivity index (χ2n) is 14.9. The predicted molar refractivity (Wildman–Crippen MR) is 174 cm³/mol. The van der Waals surface area contributed by atoms with Crippen molar-refractivity contribution in [1.82, 2.24) is 20.2 Å². The van der Waals surface area contributed by atoms with Gasteiger partial charge in [0.25, 0.3) is 0 Å². The van der Waals surface area contributed by atoms with Gasteiger partial charge in [0.15, 0.2) is 5.78 Å². The Morgan fingerprint density at radius 1 is 1.09 bits per heavy atom. The van der Waals surface area contributed by atoms with Crippen LogP contribution in [0.4, 0.5) is 4.79 Å². The van der Waals surface area contributed by atoms with E-state index >= 15 is 0 Å². The minimum atomic E-state index is -0.876. The second kappa shape index (κ2) is 12.6. The molecule has 10 nitrogen and oxygen atoms in total. The van der Waals surface area contributed by atoms with Crippen LogP contribution in [0.2, 0.25) is 0 Å². The first-order chi connectivity index (χ1) is 22.0. The number of nitrogens with zero attached hydrogens (tertiary/aromatic N) is 3. The Labute approximate surface area is 272 Å². The van der Waals surface area contributed by atoms with Gasteiger partial charge in [-0.25, -0.2) is 14.8 Å². The lowest BCUT2D eigenvalue weighted by Gasteiger charge is -2.36. The quantitative estimate of drug-likeness (QED) is 0.424. The third kappa shape index (κ3) is 6.41. The van der Waals surface area contributed by atoms with E-state index in [9.17, 15) is 14.4 Å². The van der Waals surface area contributed by atoms with Gasteiger partial charge in [0.2, 0.25) is 11.8 Å². The number of carbonyl (C=O) groups excluding carboxylic acids is 3. The average Bonchev–Trinajstić information content (AvgIpc) is 3.95. The van der Waals surface area contributed by atoms with Crippen molar-refractivity contribution in [2.75, 3.05) is 13.7 Å². The van der Waals surface area contributed by atoms with E-state index < -0.39 is 35.3 Å². The molecule has 2 aliphatic heterocycles. The number of fused-ring (bicyclic) bond motifs is 5. The van der Waals surface area contributed by atoms with E-state index in [-0.39, 0.29) is 30.1 Å². The summed E-state index contributed by atoms with van der Waals surface area (Å²) >= 11 is 0. The number of ketones is 1. The van der Waals surface area contributed by atoms with Gasteiger partial charge in [-0.3, -0.25) is 9.59 Å². The summed E-state index contributed by atoms with van der Waals surface area (Å²) in [5.74, 6) is 1.00. The molecular weight excluding hydrogens is 584 g/mol. The molecule has 3 fully saturated rings. The third-order valence-corrected chi connectivity index (χ3v) is 10.7. The van der Waals surface area contributed by atoms with E-state index in [1.807, 2.05) is 45.9 Å². The van der Waals surface area contributed by atoms with Crippen molar-refractivity contribution >= 4 is 28.8 Å². The third-order valence-electron chi connectivity index (χ3n) is 10.7. The molecule has 1 aromatic heterocycles. The summed E-state index contributed by atoms with van der Waals surface area (Å²) < 4.78 is 18.3. The molecule has 2 bridgehead atoms. The van der Waals surface area contributed by atoms with Gasteiger partial charge in [-0.15, -0.1) is 0 Å². The summed E-state index contributed by atoms with van der Waals surface area (Å²) in [5, 5.41) is 2.95. The summed E-state index contributed by atoms with van der Waals surface area (Å²) in [4.78, 5) is 53.5. The number of nitrogens with one attached hydrogen (secondary N) is 1. The van der Waals surface area contributed by atoms with Crippen LogP contribution < -0.4 is 14.8 Å². The molecule has 10 heteroatoms. The highest BCUT2D eigenvalue weighted by molar-refractivity contribution is 5.95. The Morgan fingerprint density at radius 3 is 2.54 bits per heavy atom. The van der Waals surface area contributed by atoms with Gasteiger partial charge < -0.3 is 24.4 Å². The van der Waals surface area contributed by atoms with Crippen molar-refractivity contribution in [2.45, 2.75) is 123 Å². The maximum atomic E-state index is 14.5. The van der Waals surface area contributed by atoms with Crippen molar-refractivity contribution in [3.05, 3.63) is 23.9 Å². The lowest BCUT2D eigenvalue weighted by atomic mass is 9.85. The van der Waals surface area contributed by atoms with E-state index in [1.165, 1.54) is 0 Å². The molecule has 0 spiro atoms. The molecule has 250 valence electrons. The van der Waals surface area contributed by atoms with Crippen molar-refractivity contribution in [3.8, 4) is 11.6 Å². The summed E-state index contributed by atoms with van der Waals surface area (Å²) in [6.45, 7) is 10.1. The van der Waals surface area contributed by atoms with E-state index in [0.29, 0.717) is 35.9 Å². The van der Waals surface area contributed by atoms with Gasteiger partial charge in [0.05, 0.1) is 30.7 Å². The molecule has 1 N–H and O–H groups in total. The fraction of sp³-hybridized carbons (Fsp3) is 0.694. The van der Waals surface area contributed by atoms with Gasteiger partial charge in [-0.2, -0.15) is 0 Å². The fourth-order valence-corrected chi connectivity index (χ4v) is 7.63. The Kier molecular flexibility index (Phi) is 8.93. The Bertz CT molecular complexity index is 1480. The minimum absolute atomic E-state index is 0.0413. The Hall–Kier alpha value is -3.43. The number of aryl methyl sites for hydroxylation is 1. The van der Waals surface area contributed by atoms with Gasteiger partial charge in [-0.05, 0) is 68.9 Å². The van der Waals surface area contributed by atoms with Crippen molar-refractivity contribution in [2.24, 2.45) is 23.2 Å². The molecule has 2 amide bonds. The number of aromatic nitrogens is 2. The molecular formula is C36H50N4O6. The molecule has 1 saturated heterocycles. The number of methoxy groups -OCH3 is 1. The monoisotopic (exact) mass is 634 g/mol. The minimum Gasteiger partial charge on any atom is -0.497 e. The lowest BCUT2D eigenvalue weighted by Crippen LogP contribution is -2.57. The molecule has 1 aromatic carbocycles. The molecule has 6 atom stereocenters. The smallest absolute Gasteiger partial charge is 0.408 e. The van der Waals surface area contributed by atoms with Crippen LogP contribution in [-0.4, -0.2) is 70.1 Å². The highest BCUT2D eigenvalue weighted by Crippen LogP contribution is 2.52. The van der Waals surface area contributed by atoms with Crippen molar-refractivity contribution < 1.29 is 28.6 Å². The molecule has 2 aliphatic carbocycles. The van der Waals surface area contributed by atoms with Gasteiger partial charge in [0.1, 0.15) is 29.2 Å². The van der Waals surface area contributed by atoms with Crippen LogP contribution in [0.3, 0.4) is 0 Å². The first-order valence-corrected chi connectivity index (χ1v) is 17.3. The van der Waals surface area contributed by atoms with E-state index in [0.717, 1.165) is 62.6 Å². The highest BCUT2D eigenvalue weighted by atomic mass is 16.6. The van der Waals surface area contributed by atoms with E-state index in [4.69, 9.17) is 24.2 Å². The Balaban J connectivity index is 1.40. The largest absolute Gasteiger partial charge is 0.497 e. The number of hydrogen-bond donors (Lipinski definition) is 1. The number of Topliss-reactive ketones (excluding diaryl/α,β-unsaturated/α-hetero) is 1. The number of alkyl carbamates (subject to hydrolysis) is 1. The van der Waals surface area contributed by atoms with Crippen LogP contribution in [0.15, 0.2) is 18.2 Å². The zero-order valence-corrected chi connectivity index (χ0v) is 28.3. The van der Waals surface area contributed by atoms with Crippen LogP contribution >= 0.6 is 0 Å². The number of amides is 2. The first kappa shape index (κ1) is 32.5. The lowest BCUT2D eigenvalue weighted by molar-refractivity contribution is -0.142. The van der Waals surface area contributed by atoms with Crippen molar-refractivity contribution in [3.63, 3.8) is 0 Å². The molecule has 2 aromatic rings. The average molecular weight is 635 g/mol. The maximum absolute atomic E-state index is 14.5. The molecule has 46 heavy (non-hydrogen) atoms. The predicted octanol–water partition coefficient (Wildman–Crippen LogP) is 6.03. The van der Waals surface area contributed by atoms with E-state index in [2.05, 4.69) is 12.2 Å². The molecule has 0 unspecified atom stereocenters. The first-order valence-electron chi connectivity index (χ1n) is 17.3. The van der Waals surface area contributed by atoms with Crippen LogP contribution in [0.1, 0.15) is 98.1 Å². The van der Waals surface area contributed by atoms with Crippen LogP contribution in [0.25, 0.3) is 11.0 Å². The molecule has 2 saturated carbocycles. The number of hydrogen-bond acceptors (Lipinski definition) is 8. The van der Waals surface area contributed by atoms with Gasteiger partial charge >= 0.3 is 6.09 Å². The molecule has 3 heterocycles. The standard InChI is InChI=1S/C36H50N4O6/c1-7-24-28-20-40(29(24)30(41)21-14-15-21)33(42)31(35(3,4)5)39-34(43)46-36(8-2)19-22(36)12-10-9-11-13-26-32(45-28)38-27-18-23(44-6)16-17-25(27)37-26/h16-18,21-22,24,28-29,31H,7-15,19-20H2,1-6H3,(H,39,43)/t22-,24-,28+,29+,31-,36-/m1/s1. The van der Waals surface area contributed by atoms with Crippen molar-refractivity contribution in [1.29, 1.82) is 0 Å². The number of carbonyl (C=O) groups is 3. The zero-order chi connectivity index (χ0) is 32.8. The molecule has 0 radical (unpaired) electrons. The zero-order valence-electron chi connectivity index (χ0n) is 28.3. The normalized spacial score (nSPS) is 30.7. The number of rotatable bonds is 5.